The Morgan fingerprint density at radius 2 is 2.14 bits per heavy atom. The summed E-state index contributed by atoms with van der Waals surface area (Å²) in [6.45, 7) is 0. The summed E-state index contributed by atoms with van der Waals surface area (Å²) in [7, 11) is 0. The zero-order chi connectivity index (χ0) is 9.97. The molecule has 1 heterocycles. The van der Waals surface area contributed by atoms with Crippen LogP contribution in [0.15, 0.2) is 28.7 Å². The summed E-state index contributed by atoms with van der Waals surface area (Å²) < 4.78 is 1.08. The number of carbonyl (C=O) groups is 1. The standard InChI is InChI=1S/C10H10BrNOS/c11-8-3-1-7(2-4-8)10-12-9(5-13)6-14-10/h1-5,9-10,12H,6H2. The SMILES string of the molecule is O=CC1CSC(c2ccc(Br)cc2)N1. The van der Waals surface area contributed by atoms with Gasteiger partial charge in [0.2, 0.25) is 0 Å². The van der Waals surface area contributed by atoms with E-state index < -0.39 is 0 Å². The number of hydrogen-bond acceptors (Lipinski definition) is 3. The molecule has 74 valence electrons. The van der Waals surface area contributed by atoms with E-state index in [1.807, 2.05) is 12.1 Å². The van der Waals surface area contributed by atoms with Crippen molar-refractivity contribution in [2.75, 3.05) is 5.75 Å². The second-order valence-electron chi connectivity index (χ2n) is 3.17. The number of carbonyl (C=O) groups excluding carboxylic acids is 1. The molecule has 1 aromatic carbocycles. The van der Waals surface area contributed by atoms with Crippen LogP contribution in [0, 0.1) is 0 Å². The first-order valence-electron chi connectivity index (χ1n) is 4.38. The van der Waals surface area contributed by atoms with Crippen LogP contribution >= 0.6 is 27.7 Å². The second kappa shape index (κ2) is 4.47. The maximum Gasteiger partial charge on any atom is 0.137 e. The minimum absolute atomic E-state index is 0.00801. The van der Waals surface area contributed by atoms with Crippen molar-refractivity contribution in [2.24, 2.45) is 0 Å². The number of hydrogen-bond donors (Lipinski definition) is 1. The van der Waals surface area contributed by atoms with Gasteiger partial charge in [0.1, 0.15) is 6.29 Å². The van der Waals surface area contributed by atoms with E-state index in [1.165, 1.54) is 5.56 Å². The first kappa shape index (κ1) is 10.2. The topological polar surface area (TPSA) is 29.1 Å². The third-order valence-corrected chi connectivity index (χ3v) is 3.97. The van der Waals surface area contributed by atoms with E-state index in [1.54, 1.807) is 11.8 Å². The van der Waals surface area contributed by atoms with Crippen LogP contribution < -0.4 is 5.32 Å². The van der Waals surface area contributed by atoms with E-state index in [0.717, 1.165) is 16.5 Å². The lowest BCUT2D eigenvalue weighted by Gasteiger charge is -2.10. The Labute approximate surface area is 95.6 Å². The lowest BCUT2D eigenvalue weighted by Crippen LogP contribution is -2.26. The number of halogens is 1. The Bertz CT molecular complexity index is 327. The molecule has 0 saturated carbocycles. The van der Waals surface area contributed by atoms with E-state index in [0.29, 0.717) is 0 Å². The summed E-state index contributed by atoms with van der Waals surface area (Å²) in [6, 6.07) is 8.19. The summed E-state index contributed by atoms with van der Waals surface area (Å²) in [5.41, 5.74) is 1.22. The Morgan fingerprint density at radius 1 is 1.43 bits per heavy atom. The van der Waals surface area contributed by atoms with Crippen molar-refractivity contribution in [3.8, 4) is 0 Å². The van der Waals surface area contributed by atoms with Gasteiger partial charge in [-0.3, -0.25) is 5.32 Å². The zero-order valence-corrected chi connectivity index (χ0v) is 9.85. The van der Waals surface area contributed by atoms with Gasteiger partial charge < -0.3 is 4.79 Å². The molecule has 1 fully saturated rings. The maximum absolute atomic E-state index is 10.6. The van der Waals surface area contributed by atoms with Gasteiger partial charge in [0.25, 0.3) is 0 Å². The van der Waals surface area contributed by atoms with Crippen molar-refractivity contribution >= 4 is 34.0 Å². The average molecular weight is 272 g/mol. The molecule has 1 aliphatic heterocycles. The zero-order valence-electron chi connectivity index (χ0n) is 7.44. The van der Waals surface area contributed by atoms with Crippen LogP contribution in [-0.4, -0.2) is 18.1 Å². The molecule has 0 aliphatic carbocycles. The van der Waals surface area contributed by atoms with E-state index in [-0.39, 0.29) is 11.4 Å². The minimum atomic E-state index is 0.00801. The molecule has 0 aromatic heterocycles. The molecule has 0 radical (unpaired) electrons. The molecule has 1 aromatic rings. The van der Waals surface area contributed by atoms with Crippen molar-refractivity contribution in [1.82, 2.24) is 5.32 Å². The summed E-state index contributed by atoms with van der Waals surface area (Å²) >= 11 is 5.17. The van der Waals surface area contributed by atoms with Gasteiger partial charge in [0, 0.05) is 10.2 Å². The summed E-state index contributed by atoms with van der Waals surface area (Å²) in [5, 5.41) is 3.52. The van der Waals surface area contributed by atoms with Crippen LogP contribution in [0.1, 0.15) is 10.9 Å². The van der Waals surface area contributed by atoms with Gasteiger partial charge >= 0.3 is 0 Å². The van der Waals surface area contributed by atoms with Crippen molar-refractivity contribution in [2.45, 2.75) is 11.4 Å². The fraction of sp³-hybridized carbons (Fsp3) is 0.300. The van der Waals surface area contributed by atoms with E-state index in [4.69, 9.17) is 0 Å². The van der Waals surface area contributed by atoms with Crippen molar-refractivity contribution in [3.63, 3.8) is 0 Å². The van der Waals surface area contributed by atoms with Crippen molar-refractivity contribution < 1.29 is 4.79 Å². The highest BCUT2D eigenvalue weighted by molar-refractivity contribution is 9.10. The van der Waals surface area contributed by atoms with Crippen molar-refractivity contribution in [1.29, 1.82) is 0 Å². The summed E-state index contributed by atoms with van der Waals surface area (Å²) in [5.74, 6) is 0.865. The normalized spacial score (nSPS) is 26.4. The van der Waals surface area contributed by atoms with Crippen LogP contribution in [0.3, 0.4) is 0 Å². The fourth-order valence-corrected chi connectivity index (χ4v) is 2.86. The molecule has 14 heavy (non-hydrogen) atoms. The fourth-order valence-electron chi connectivity index (χ4n) is 1.40. The molecule has 0 amide bonds. The number of benzene rings is 1. The summed E-state index contributed by atoms with van der Waals surface area (Å²) in [4.78, 5) is 10.6. The van der Waals surface area contributed by atoms with E-state index in [2.05, 4.69) is 33.4 Å². The third kappa shape index (κ3) is 2.19. The quantitative estimate of drug-likeness (QED) is 0.838. The molecule has 1 aliphatic rings. The smallest absolute Gasteiger partial charge is 0.137 e. The third-order valence-electron chi connectivity index (χ3n) is 2.14. The molecule has 0 bridgehead atoms. The van der Waals surface area contributed by atoms with Crippen LogP contribution in [-0.2, 0) is 4.79 Å². The number of nitrogens with one attached hydrogen (secondary N) is 1. The molecular formula is C10H10BrNOS. The van der Waals surface area contributed by atoms with Gasteiger partial charge in [-0.2, -0.15) is 0 Å². The molecule has 2 rings (SSSR count). The average Bonchev–Trinajstić information content (AvgIpc) is 2.67. The molecule has 1 saturated heterocycles. The Kier molecular flexibility index (Phi) is 3.26. The highest BCUT2D eigenvalue weighted by Crippen LogP contribution is 2.32. The monoisotopic (exact) mass is 271 g/mol. The number of thioether (sulfide) groups is 1. The molecule has 2 atom stereocenters. The molecule has 2 nitrogen and oxygen atoms in total. The largest absolute Gasteiger partial charge is 0.302 e. The Hall–Kier alpha value is -0.320. The molecular weight excluding hydrogens is 262 g/mol. The number of aldehydes is 1. The highest BCUT2D eigenvalue weighted by Gasteiger charge is 2.24. The lowest BCUT2D eigenvalue weighted by molar-refractivity contribution is -0.109. The second-order valence-corrected chi connectivity index (χ2v) is 5.23. The highest BCUT2D eigenvalue weighted by atomic mass is 79.9. The maximum atomic E-state index is 10.6. The van der Waals surface area contributed by atoms with E-state index in [9.17, 15) is 4.79 Å². The molecule has 2 unspecified atom stereocenters. The van der Waals surface area contributed by atoms with Crippen LogP contribution in [0.4, 0.5) is 0 Å². The number of rotatable bonds is 2. The first-order valence-corrected chi connectivity index (χ1v) is 6.22. The molecule has 1 N–H and O–H groups in total. The van der Waals surface area contributed by atoms with Crippen LogP contribution in [0.2, 0.25) is 0 Å². The van der Waals surface area contributed by atoms with Gasteiger partial charge in [-0.05, 0) is 17.7 Å². The van der Waals surface area contributed by atoms with Crippen LogP contribution in [0.5, 0.6) is 0 Å². The Balaban J connectivity index is 2.09. The Morgan fingerprint density at radius 3 is 2.71 bits per heavy atom. The van der Waals surface area contributed by atoms with Crippen LogP contribution in [0.25, 0.3) is 0 Å². The predicted octanol–water partition coefficient (Wildman–Crippen LogP) is 2.35. The summed E-state index contributed by atoms with van der Waals surface area (Å²) in [6.07, 6.45) is 0.978. The van der Waals surface area contributed by atoms with Gasteiger partial charge in [-0.15, -0.1) is 11.8 Å². The van der Waals surface area contributed by atoms with Gasteiger partial charge in [-0.1, -0.05) is 28.1 Å². The van der Waals surface area contributed by atoms with Gasteiger partial charge in [0.15, 0.2) is 0 Å². The first-order chi connectivity index (χ1) is 6.79. The molecule has 0 spiro atoms. The predicted molar refractivity (Wildman–Crippen MR) is 62.3 cm³/mol. The van der Waals surface area contributed by atoms with Crippen molar-refractivity contribution in [3.05, 3.63) is 34.3 Å². The lowest BCUT2D eigenvalue weighted by atomic mass is 10.2. The minimum Gasteiger partial charge on any atom is -0.302 e. The van der Waals surface area contributed by atoms with Gasteiger partial charge in [0.05, 0.1) is 11.4 Å². The van der Waals surface area contributed by atoms with Gasteiger partial charge in [-0.25, -0.2) is 0 Å². The van der Waals surface area contributed by atoms with E-state index >= 15 is 0 Å². The molecule has 4 heteroatoms.